The first-order chi connectivity index (χ1) is 7.57. The Morgan fingerprint density at radius 1 is 1.25 bits per heavy atom. The molecule has 0 aliphatic carbocycles. The van der Waals surface area contributed by atoms with E-state index in [1.54, 1.807) is 6.92 Å². The monoisotopic (exact) mass is 227 g/mol. The second kappa shape index (κ2) is 8.95. The highest BCUT2D eigenvalue weighted by Gasteiger charge is 2.02. The third-order valence-electron chi connectivity index (χ3n) is 2.22. The van der Waals surface area contributed by atoms with Gasteiger partial charge in [-0.05, 0) is 26.2 Å². The Balaban J connectivity index is 3.48. The highest BCUT2D eigenvalue weighted by atomic mass is 16.4. The molecule has 0 bridgehead atoms. The van der Waals surface area contributed by atoms with Gasteiger partial charge < -0.3 is 10.4 Å². The average molecular weight is 227 g/mol. The molecule has 0 rings (SSSR count). The van der Waals surface area contributed by atoms with Crippen LogP contribution in [0.3, 0.4) is 0 Å². The molecule has 2 N–H and O–H groups in total. The van der Waals surface area contributed by atoms with Gasteiger partial charge in [0.1, 0.15) is 0 Å². The molecule has 0 aromatic carbocycles. The Kier molecular flexibility index (Phi) is 8.21. The first-order valence-corrected chi connectivity index (χ1v) is 5.74. The lowest BCUT2D eigenvalue weighted by Crippen LogP contribution is -2.25. The third-order valence-corrected chi connectivity index (χ3v) is 2.22. The van der Waals surface area contributed by atoms with E-state index in [1.807, 2.05) is 13.0 Å². The zero-order chi connectivity index (χ0) is 12.4. The van der Waals surface area contributed by atoms with Gasteiger partial charge in [-0.1, -0.05) is 19.4 Å². The van der Waals surface area contributed by atoms with Gasteiger partial charge in [-0.3, -0.25) is 9.59 Å². The van der Waals surface area contributed by atoms with Crippen molar-refractivity contribution >= 4 is 11.9 Å². The molecule has 0 aliphatic heterocycles. The molecule has 0 aromatic heterocycles. The highest BCUT2D eigenvalue weighted by molar-refractivity contribution is 5.92. The largest absolute Gasteiger partial charge is 0.481 e. The number of unbranched alkanes of at least 4 members (excludes halogenated alkanes) is 2. The minimum Gasteiger partial charge on any atom is -0.481 e. The lowest BCUT2D eigenvalue weighted by Gasteiger charge is -2.04. The Hall–Kier alpha value is -1.32. The number of hydrogen-bond donors (Lipinski definition) is 2. The molecular weight excluding hydrogens is 206 g/mol. The molecule has 4 heteroatoms. The van der Waals surface area contributed by atoms with Gasteiger partial charge in [-0.15, -0.1) is 0 Å². The molecule has 4 nitrogen and oxygen atoms in total. The standard InChI is InChI=1S/C12H21NO3/c1-3-7-10(2)12(16)13-9-6-4-5-8-11(14)15/h7H,3-6,8-9H2,1-2H3,(H,13,16)(H,14,15)/b10-7+. The summed E-state index contributed by atoms with van der Waals surface area (Å²) in [6.07, 6.45) is 5.30. The Labute approximate surface area is 96.7 Å². The van der Waals surface area contributed by atoms with Crippen LogP contribution in [-0.4, -0.2) is 23.5 Å². The maximum absolute atomic E-state index is 11.4. The zero-order valence-electron chi connectivity index (χ0n) is 10.1. The van der Waals surface area contributed by atoms with Crippen molar-refractivity contribution < 1.29 is 14.7 Å². The number of carboxylic acids is 1. The quantitative estimate of drug-likeness (QED) is 0.493. The maximum Gasteiger partial charge on any atom is 0.303 e. The smallest absolute Gasteiger partial charge is 0.303 e. The molecule has 16 heavy (non-hydrogen) atoms. The molecule has 0 aliphatic rings. The summed E-state index contributed by atoms with van der Waals surface area (Å²) in [5.41, 5.74) is 0.744. The summed E-state index contributed by atoms with van der Waals surface area (Å²) in [6.45, 7) is 4.40. The fourth-order valence-corrected chi connectivity index (χ4v) is 1.32. The van der Waals surface area contributed by atoms with Crippen LogP contribution in [0.4, 0.5) is 0 Å². The molecule has 0 heterocycles. The van der Waals surface area contributed by atoms with Crippen molar-refractivity contribution in [2.24, 2.45) is 0 Å². The fraction of sp³-hybridized carbons (Fsp3) is 0.667. The van der Waals surface area contributed by atoms with Crippen molar-refractivity contribution in [2.75, 3.05) is 6.54 Å². The number of hydrogen-bond acceptors (Lipinski definition) is 2. The van der Waals surface area contributed by atoms with Crippen LogP contribution in [0.2, 0.25) is 0 Å². The molecule has 0 radical (unpaired) electrons. The van der Waals surface area contributed by atoms with E-state index in [0.717, 1.165) is 24.8 Å². The number of rotatable bonds is 8. The zero-order valence-corrected chi connectivity index (χ0v) is 10.1. The molecule has 0 fully saturated rings. The number of carbonyl (C=O) groups excluding carboxylic acids is 1. The van der Waals surface area contributed by atoms with Gasteiger partial charge in [0.25, 0.3) is 0 Å². The normalized spacial score (nSPS) is 11.2. The van der Waals surface area contributed by atoms with Gasteiger partial charge in [0.15, 0.2) is 0 Å². The van der Waals surface area contributed by atoms with Gasteiger partial charge >= 0.3 is 5.97 Å². The number of nitrogens with one attached hydrogen (secondary N) is 1. The van der Waals surface area contributed by atoms with E-state index in [9.17, 15) is 9.59 Å². The SMILES string of the molecule is CC/C=C(\C)C(=O)NCCCCCC(=O)O. The summed E-state index contributed by atoms with van der Waals surface area (Å²) in [5, 5.41) is 11.2. The molecule has 0 atom stereocenters. The van der Waals surface area contributed by atoms with Crippen LogP contribution in [0.1, 0.15) is 46.0 Å². The summed E-state index contributed by atoms with van der Waals surface area (Å²) in [4.78, 5) is 21.6. The van der Waals surface area contributed by atoms with E-state index in [-0.39, 0.29) is 12.3 Å². The summed E-state index contributed by atoms with van der Waals surface area (Å²) >= 11 is 0. The highest BCUT2D eigenvalue weighted by Crippen LogP contribution is 1.99. The molecular formula is C12H21NO3. The topological polar surface area (TPSA) is 66.4 Å². The number of carbonyl (C=O) groups is 2. The number of amides is 1. The van der Waals surface area contributed by atoms with Crippen molar-refractivity contribution in [3.8, 4) is 0 Å². The first kappa shape index (κ1) is 14.7. The van der Waals surface area contributed by atoms with Gasteiger partial charge in [-0.2, -0.15) is 0 Å². The van der Waals surface area contributed by atoms with Crippen molar-refractivity contribution in [3.05, 3.63) is 11.6 Å². The van der Waals surface area contributed by atoms with E-state index < -0.39 is 5.97 Å². The lowest BCUT2D eigenvalue weighted by atomic mass is 10.2. The van der Waals surface area contributed by atoms with Crippen LogP contribution >= 0.6 is 0 Å². The lowest BCUT2D eigenvalue weighted by molar-refractivity contribution is -0.137. The third kappa shape index (κ3) is 8.03. The molecule has 0 unspecified atom stereocenters. The van der Waals surface area contributed by atoms with Crippen LogP contribution in [0.5, 0.6) is 0 Å². The second-order valence-corrected chi connectivity index (χ2v) is 3.76. The van der Waals surface area contributed by atoms with Gasteiger partial charge in [0.2, 0.25) is 5.91 Å². The van der Waals surface area contributed by atoms with E-state index in [1.165, 1.54) is 0 Å². The predicted molar refractivity (Wildman–Crippen MR) is 63.2 cm³/mol. The van der Waals surface area contributed by atoms with Crippen molar-refractivity contribution in [1.82, 2.24) is 5.32 Å². The number of allylic oxidation sites excluding steroid dienone is 1. The minimum atomic E-state index is -0.759. The van der Waals surface area contributed by atoms with Crippen LogP contribution in [0.15, 0.2) is 11.6 Å². The summed E-state index contributed by atoms with van der Waals surface area (Å²) < 4.78 is 0. The van der Waals surface area contributed by atoms with Crippen molar-refractivity contribution in [2.45, 2.75) is 46.0 Å². The Bertz CT molecular complexity index is 259. The van der Waals surface area contributed by atoms with Crippen LogP contribution in [0, 0.1) is 0 Å². The van der Waals surface area contributed by atoms with Crippen LogP contribution in [0.25, 0.3) is 0 Å². The summed E-state index contributed by atoms with van der Waals surface area (Å²) in [5.74, 6) is -0.786. The predicted octanol–water partition coefficient (Wildman–Crippen LogP) is 2.10. The van der Waals surface area contributed by atoms with Crippen molar-refractivity contribution in [3.63, 3.8) is 0 Å². The first-order valence-electron chi connectivity index (χ1n) is 5.74. The van der Waals surface area contributed by atoms with E-state index in [0.29, 0.717) is 13.0 Å². The van der Waals surface area contributed by atoms with E-state index >= 15 is 0 Å². The molecule has 92 valence electrons. The average Bonchev–Trinajstić information content (AvgIpc) is 2.22. The van der Waals surface area contributed by atoms with Gasteiger partial charge in [0.05, 0.1) is 0 Å². The van der Waals surface area contributed by atoms with Gasteiger partial charge in [-0.25, -0.2) is 0 Å². The summed E-state index contributed by atoms with van der Waals surface area (Å²) in [6, 6.07) is 0. The molecule has 1 amide bonds. The van der Waals surface area contributed by atoms with Crippen LogP contribution in [-0.2, 0) is 9.59 Å². The second-order valence-electron chi connectivity index (χ2n) is 3.76. The van der Waals surface area contributed by atoms with E-state index in [2.05, 4.69) is 5.32 Å². The van der Waals surface area contributed by atoms with Crippen LogP contribution < -0.4 is 5.32 Å². The molecule has 0 spiro atoms. The Morgan fingerprint density at radius 2 is 1.94 bits per heavy atom. The summed E-state index contributed by atoms with van der Waals surface area (Å²) in [7, 11) is 0. The Morgan fingerprint density at radius 3 is 2.50 bits per heavy atom. The molecule has 0 saturated heterocycles. The molecule has 0 aromatic rings. The number of carboxylic acid groups (broad SMARTS) is 1. The minimum absolute atomic E-state index is 0.0277. The number of aliphatic carboxylic acids is 1. The molecule has 0 saturated carbocycles. The van der Waals surface area contributed by atoms with Crippen molar-refractivity contribution in [1.29, 1.82) is 0 Å². The van der Waals surface area contributed by atoms with E-state index in [4.69, 9.17) is 5.11 Å². The van der Waals surface area contributed by atoms with Gasteiger partial charge in [0, 0.05) is 18.5 Å². The fourth-order valence-electron chi connectivity index (χ4n) is 1.32. The maximum atomic E-state index is 11.4.